The maximum absolute atomic E-state index is 13.6. The molecule has 0 saturated carbocycles. The summed E-state index contributed by atoms with van der Waals surface area (Å²) < 4.78 is 2.24. The van der Waals surface area contributed by atoms with Crippen molar-refractivity contribution in [3.05, 3.63) is 106 Å². The zero-order valence-electron chi connectivity index (χ0n) is 24.4. The molecule has 0 aromatic heterocycles. The van der Waals surface area contributed by atoms with Gasteiger partial charge in [-0.3, -0.25) is 4.79 Å². The van der Waals surface area contributed by atoms with Crippen LogP contribution in [0.25, 0.3) is 10.8 Å². The van der Waals surface area contributed by atoms with Crippen LogP contribution in [0, 0.1) is 0 Å². The summed E-state index contributed by atoms with van der Waals surface area (Å²) in [7, 11) is 0. The lowest BCUT2D eigenvalue weighted by Crippen LogP contribution is -2.32. The smallest absolute Gasteiger partial charge is 0.335 e. The number of benzene rings is 3. The molecule has 6 rings (SSSR count). The average molecular weight is 548 g/mol. The number of nitrogens with zero attached hydrogens (tertiary/aromatic N) is 2. The van der Waals surface area contributed by atoms with Crippen molar-refractivity contribution in [2.24, 2.45) is 0 Å². The fraction of sp³-hybridized carbons (Fsp3) is 0.286. The first-order chi connectivity index (χ1) is 19.4. The number of carboxylic acids is 1. The fourth-order valence-corrected chi connectivity index (χ4v) is 6.93. The first-order valence-corrected chi connectivity index (χ1v) is 14.2. The van der Waals surface area contributed by atoms with Gasteiger partial charge in [0.2, 0.25) is 11.5 Å². The Hall–Kier alpha value is -4.45. The molecular weight excluding hydrogens is 512 g/mol. The lowest BCUT2D eigenvalue weighted by Gasteiger charge is -2.28. The molecule has 0 fully saturated rings. The normalized spacial score (nSPS) is 20.7. The maximum atomic E-state index is 13.6. The second kappa shape index (κ2) is 9.03. The Kier molecular flexibility index (Phi) is 5.89. The van der Waals surface area contributed by atoms with E-state index < -0.39 is 11.4 Å². The number of aromatic carboxylic acids is 1. The molecule has 0 amide bonds. The predicted octanol–water partition coefficient (Wildman–Crippen LogP) is 6.96. The third-order valence-corrected chi connectivity index (χ3v) is 9.09. The Morgan fingerprint density at radius 3 is 2.37 bits per heavy atom. The van der Waals surface area contributed by atoms with Gasteiger partial charge in [-0.15, -0.1) is 0 Å². The quantitative estimate of drug-likeness (QED) is 0.267. The molecule has 6 heteroatoms. The largest absolute Gasteiger partial charge is 0.506 e. The van der Waals surface area contributed by atoms with Gasteiger partial charge in [-0.05, 0) is 74.4 Å². The molecule has 0 atom stereocenters. The Morgan fingerprint density at radius 1 is 0.976 bits per heavy atom. The lowest BCUT2D eigenvalue weighted by molar-refractivity contribution is -0.433. The zero-order chi connectivity index (χ0) is 29.4. The Labute approximate surface area is 240 Å². The summed E-state index contributed by atoms with van der Waals surface area (Å²) in [6.07, 6.45) is 3.65. The highest BCUT2D eigenvalue weighted by atomic mass is 16.4. The van der Waals surface area contributed by atoms with E-state index in [-0.39, 0.29) is 28.1 Å². The van der Waals surface area contributed by atoms with Crippen molar-refractivity contribution < 1.29 is 24.4 Å². The molecular formula is C35H35N2O4+. The van der Waals surface area contributed by atoms with E-state index in [0.717, 1.165) is 34.9 Å². The topological polar surface area (TPSA) is 80.8 Å². The first-order valence-electron chi connectivity index (χ1n) is 14.2. The predicted molar refractivity (Wildman–Crippen MR) is 163 cm³/mol. The molecule has 2 aliphatic heterocycles. The van der Waals surface area contributed by atoms with Gasteiger partial charge in [0, 0.05) is 41.1 Å². The molecule has 6 nitrogen and oxygen atoms in total. The Balaban J connectivity index is 1.43. The van der Waals surface area contributed by atoms with E-state index >= 15 is 0 Å². The van der Waals surface area contributed by atoms with Gasteiger partial charge in [-0.25, -0.2) is 4.79 Å². The Morgan fingerprint density at radius 2 is 1.71 bits per heavy atom. The van der Waals surface area contributed by atoms with Crippen molar-refractivity contribution in [1.29, 1.82) is 0 Å². The number of carbonyl (C=O) groups excluding carboxylic acids is 1. The minimum atomic E-state index is -0.975. The number of carbonyl (C=O) groups is 2. The summed E-state index contributed by atoms with van der Waals surface area (Å²) in [5.41, 5.74) is 5.92. The van der Waals surface area contributed by atoms with Gasteiger partial charge >= 0.3 is 5.97 Å². The number of fused-ring (bicyclic) bond motifs is 4. The molecule has 3 aromatic rings. The summed E-state index contributed by atoms with van der Waals surface area (Å²) in [5.74, 6) is -1.17. The van der Waals surface area contributed by atoms with Crippen LogP contribution in [0.2, 0.25) is 0 Å². The number of likely N-dealkylation sites (N-methyl/N-ethyl adjacent to an activating group) is 1. The summed E-state index contributed by atoms with van der Waals surface area (Å²) in [5, 5.41) is 23.2. The summed E-state index contributed by atoms with van der Waals surface area (Å²) in [6.45, 7) is 13.9. The number of allylic oxidation sites excluding steroid dienone is 5. The summed E-state index contributed by atoms with van der Waals surface area (Å²) >= 11 is 0. The molecule has 3 aromatic carbocycles. The highest BCUT2D eigenvalue weighted by molar-refractivity contribution is 6.24. The number of carboxylic acid groups (broad SMARTS) is 1. The number of aliphatic hydroxyl groups is 1. The molecule has 3 aliphatic rings. The van der Waals surface area contributed by atoms with Crippen LogP contribution < -0.4 is 4.90 Å². The van der Waals surface area contributed by atoms with E-state index in [2.05, 4.69) is 60.6 Å². The molecule has 41 heavy (non-hydrogen) atoms. The van der Waals surface area contributed by atoms with E-state index in [4.69, 9.17) is 0 Å². The van der Waals surface area contributed by atoms with Crippen molar-refractivity contribution >= 4 is 39.6 Å². The standard InChI is InChI=1S/C35H34N2O4/c1-7-36-26-15-14-21(33(40)41)17-25(26)34(3,4)28(36)18-23-31(38)24(32(23)39)19-29-35(5,6)30-22-12-10-9-11-20(22)13-16-27(30)37(29)8-2/h9-19H,7-8H2,1-6H3,(H-,38,39,40,41)/p+1. The number of ketones is 1. The van der Waals surface area contributed by atoms with Gasteiger partial charge in [0.1, 0.15) is 12.3 Å². The molecule has 0 unspecified atom stereocenters. The SMILES string of the molecule is CCN1C(=CC2=C(O)C(=CC3=[N+](CC)c4ccc5ccccc5c4C3(C)C)C2=O)C(C)(C)c2cc(C(=O)O)ccc21. The van der Waals surface area contributed by atoms with Crippen LogP contribution in [0.5, 0.6) is 0 Å². The number of aliphatic hydroxyl groups excluding tert-OH is 1. The molecule has 0 radical (unpaired) electrons. The molecule has 208 valence electrons. The lowest BCUT2D eigenvalue weighted by atomic mass is 9.76. The minimum Gasteiger partial charge on any atom is -0.506 e. The molecule has 2 heterocycles. The van der Waals surface area contributed by atoms with Crippen LogP contribution in [0.4, 0.5) is 11.4 Å². The maximum Gasteiger partial charge on any atom is 0.335 e. The number of rotatable bonds is 5. The van der Waals surface area contributed by atoms with Crippen LogP contribution in [-0.2, 0) is 15.6 Å². The highest BCUT2D eigenvalue weighted by Crippen LogP contribution is 2.50. The van der Waals surface area contributed by atoms with Crippen molar-refractivity contribution in [1.82, 2.24) is 0 Å². The minimum absolute atomic E-state index is 0.00305. The van der Waals surface area contributed by atoms with E-state index in [0.29, 0.717) is 12.1 Å². The molecule has 1 aliphatic carbocycles. The number of hydrogen-bond acceptors (Lipinski definition) is 4. The summed E-state index contributed by atoms with van der Waals surface area (Å²) in [4.78, 5) is 27.3. The second-order valence-corrected chi connectivity index (χ2v) is 12.0. The van der Waals surface area contributed by atoms with Gasteiger partial charge < -0.3 is 15.1 Å². The first kappa shape index (κ1) is 26.8. The number of anilines is 1. The van der Waals surface area contributed by atoms with Crippen molar-refractivity contribution in [3.8, 4) is 0 Å². The fourth-order valence-electron chi connectivity index (χ4n) is 6.93. The second-order valence-electron chi connectivity index (χ2n) is 12.0. The summed E-state index contributed by atoms with van der Waals surface area (Å²) in [6, 6.07) is 17.8. The third-order valence-electron chi connectivity index (χ3n) is 9.09. The van der Waals surface area contributed by atoms with Crippen molar-refractivity contribution in [2.75, 3.05) is 18.0 Å². The average Bonchev–Trinajstić information content (AvgIpc) is 3.31. The molecule has 0 spiro atoms. The van der Waals surface area contributed by atoms with Crippen LogP contribution >= 0.6 is 0 Å². The zero-order valence-corrected chi connectivity index (χ0v) is 24.4. The Bertz CT molecular complexity index is 1820. The van der Waals surface area contributed by atoms with E-state index in [1.54, 1.807) is 18.2 Å². The van der Waals surface area contributed by atoms with Crippen LogP contribution in [-0.4, -0.2) is 45.3 Å². The van der Waals surface area contributed by atoms with Gasteiger partial charge in [0.05, 0.1) is 22.1 Å². The van der Waals surface area contributed by atoms with Crippen LogP contribution in [0.15, 0.2) is 89.4 Å². The van der Waals surface area contributed by atoms with E-state index in [9.17, 15) is 19.8 Å². The monoisotopic (exact) mass is 547 g/mol. The van der Waals surface area contributed by atoms with Crippen LogP contribution in [0.1, 0.15) is 63.0 Å². The molecule has 0 saturated heterocycles. The highest BCUT2D eigenvalue weighted by Gasteiger charge is 2.47. The van der Waals surface area contributed by atoms with E-state index in [1.807, 2.05) is 39.0 Å². The van der Waals surface area contributed by atoms with Gasteiger partial charge in [0.15, 0.2) is 5.71 Å². The van der Waals surface area contributed by atoms with Crippen molar-refractivity contribution in [2.45, 2.75) is 52.4 Å². The van der Waals surface area contributed by atoms with Crippen LogP contribution in [0.3, 0.4) is 0 Å². The van der Waals surface area contributed by atoms with Gasteiger partial charge in [-0.2, -0.15) is 4.58 Å². The van der Waals surface area contributed by atoms with Crippen molar-refractivity contribution in [3.63, 3.8) is 0 Å². The van der Waals surface area contributed by atoms with E-state index in [1.165, 1.54) is 16.3 Å². The molecule has 0 bridgehead atoms. The molecule has 2 N–H and O–H groups in total. The van der Waals surface area contributed by atoms with Gasteiger partial charge in [-0.1, -0.05) is 38.1 Å². The third kappa shape index (κ3) is 3.66. The number of hydrogen-bond donors (Lipinski definition) is 2. The van der Waals surface area contributed by atoms with Gasteiger partial charge in [0.25, 0.3) is 0 Å². The number of Topliss-reactive ketones (excluding diaryl/α,β-unsaturated/α-hetero) is 1.